The summed E-state index contributed by atoms with van der Waals surface area (Å²) in [6.45, 7) is 0.387. The van der Waals surface area contributed by atoms with Crippen LogP contribution in [0.4, 0.5) is 11.4 Å². The van der Waals surface area contributed by atoms with E-state index in [9.17, 15) is 9.00 Å². The minimum atomic E-state index is -1.20. The second-order valence-corrected chi connectivity index (χ2v) is 5.03. The van der Waals surface area contributed by atoms with Crippen molar-refractivity contribution in [3.8, 4) is 0 Å². The van der Waals surface area contributed by atoms with Gasteiger partial charge in [0.15, 0.2) is 0 Å². The minimum Gasteiger partial charge on any atom is -0.399 e. The van der Waals surface area contributed by atoms with Crippen LogP contribution in [0.25, 0.3) is 0 Å². The summed E-state index contributed by atoms with van der Waals surface area (Å²) in [5, 5.41) is 2.64. The van der Waals surface area contributed by atoms with Crippen LogP contribution in [0.15, 0.2) is 24.3 Å². The third-order valence-electron chi connectivity index (χ3n) is 1.98. The normalized spacial score (nSPS) is 12.1. The summed E-state index contributed by atoms with van der Waals surface area (Å²) in [5.41, 5.74) is 6.76. The van der Waals surface area contributed by atoms with Crippen LogP contribution in [0.1, 0.15) is 0 Å². The molecule has 0 heterocycles. The molecule has 0 fully saturated rings. The third kappa shape index (κ3) is 5.46. The molecule has 1 aromatic carbocycles. The van der Waals surface area contributed by atoms with Crippen LogP contribution in [-0.4, -0.2) is 35.3 Å². The van der Waals surface area contributed by atoms with Crippen LogP contribution in [-0.2, 0) is 20.3 Å². The molecule has 6 heteroatoms. The lowest BCUT2D eigenvalue weighted by molar-refractivity contribution is -0.113. The van der Waals surface area contributed by atoms with Gasteiger partial charge in [0.25, 0.3) is 0 Å². The van der Waals surface area contributed by atoms with E-state index in [4.69, 9.17) is 10.5 Å². The monoisotopic (exact) mass is 256 g/mol. The molecule has 0 aromatic heterocycles. The van der Waals surface area contributed by atoms with Crippen molar-refractivity contribution >= 4 is 28.1 Å². The summed E-state index contributed by atoms with van der Waals surface area (Å²) in [5.74, 6) is 0.0453. The van der Waals surface area contributed by atoms with Gasteiger partial charge in [0.05, 0.1) is 6.61 Å². The topological polar surface area (TPSA) is 81.4 Å². The van der Waals surface area contributed by atoms with Gasteiger partial charge in [-0.25, -0.2) is 0 Å². The van der Waals surface area contributed by atoms with Gasteiger partial charge in [-0.15, -0.1) is 0 Å². The van der Waals surface area contributed by atoms with Crippen molar-refractivity contribution in [2.75, 3.05) is 36.3 Å². The number of carbonyl (C=O) groups excluding carboxylic acids is 1. The van der Waals surface area contributed by atoms with E-state index in [1.165, 1.54) is 7.11 Å². The lowest BCUT2D eigenvalue weighted by Crippen LogP contribution is -2.21. The average molecular weight is 256 g/mol. The number of amides is 1. The average Bonchev–Trinajstić information content (AvgIpc) is 2.26. The van der Waals surface area contributed by atoms with Gasteiger partial charge in [-0.2, -0.15) is 0 Å². The molecule has 0 radical (unpaired) electrons. The standard InChI is InChI=1S/C11H16N2O3S/c1-16-5-6-17(15)8-11(14)13-10-4-2-3-9(12)7-10/h2-4,7H,5-6,8,12H2,1H3,(H,13,14). The molecule has 17 heavy (non-hydrogen) atoms. The molecule has 0 spiro atoms. The number of nitrogens with one attached hydrogen (secondary N) is 1. The van der Waals surface area contributed by atoms with Crippen molar-refractivity contribution in [2.24, 2.45) is 0 Å². The van der Waals surface area contributed by atoms with Crippen LogP contribution in [0.3, 0.4) is 0 Å². The Hall–Kier alpha value is -1.40. The molecule has 0 saturated heterocycles. The van der Waals surface area contributed by atoms with Gasteiger partial charge >= 0.3 is 0 Å². The molecule has 94 valence electrons. The Morgan fingerprint density at radius 3 is 2.94 bits per heavy atom. The first-order valence-corrected chi connectivity index (χ1v) is 6.60. The van der Waals surface area contributed by atoms with Crippen molar-refractivity contribution < 1.29 is 13.7 Å². The lowest BCUT2D eigenvalue weighted by atomic mass is 10.3. The highest BCUT2D eigenvalue weighted by molar-refractivity contribution is 7.85. The second-order valence-electron chi connectivity index (χ2n) is 3.45. The zero-order valence-corrected chi connectivity index (χ0v) is 10.5. The van der Waals surface area contributed by atoms with E-state index in [0.29, 0.717) is 23.7 Å². The van der Waals surface area contributed by atoms with Crippen molar-refractivity contribution in [1.82, 2.24) is 0 Å². The summed E-state index contributed by atoms with van der Waals surface area (Å²) >= 11 is 0. The molecular formula is C11H16N2O3S. The number of anilines is 2. The Morgan fingerprint density at radius 2 is 2.29 bits per heavy atom. The first kappa shape index (κ1) is 13.7. The van der Waals surface area contributed by atoms with Crippen LogP contribution in [0, 0.1) is 0 Å². The largest absolute Gasteiger partial charge is 0.399 e. The van der Waals surface area contributed by atoms with E-state index < -0.39 is 10.8 Å². The fourth-order valence-electron chi connectivity index (χ4n) is 1.21. The molecule has 1 rings (SSSR count). The smallest absolute Gasteiger partial charge is 0.236 e. The predicted molar refractivity (Wildman–Crippen MR) is 69.2 cm³/mol. The van der Waals surface area contributed by atoms with E-state index in [1.807, 2.05) is 0 Å². The van der Waals surface area contributed by atoms with E-state index in [2.05, 4.69) is 5.32 Å². The molecule has 1 unspecified atom stereocenters. The maximum atomic E-state index is 11.5. The Labute approximate surface area is 103 Å². The summed E-state index contributed by atoms with van der Waals surface area (Å²) in [4.78, 5) is 11.5. The fourth-order valence-corrected chi connectivity index (χ4v) is 2.07. The third-order valence-corrected chi connectivity index (χ3v) is 3.18. The molecular weight excluding hydrogens is 240 g/mol. The molecule has 0 aliphatic rings. The van der Waals surface area contributed by atoms with Gasteiger partial charge in [0.2, 0.25) is 5.91 Å². The molecule has 5 nitrogen and oxygen atoms in total. The Balaban J connectivity index is 2.42. The van der Waals surface area contributed by atoms with Crippen LogP contribution < -0.4 is 11.1 Å². The summed E-state index contributed by atoms with van der Waals surface area (Å²) in [7, 11) is 0.334. The van der Waals surface area contributed by atoms with Crippen molar-refractivity contribution in [1.29, 1.82) is 0 Å². The fraction of sp³-hybridized carbons (Fsp3) is 0.364. The summed E-state index contributed by atoms with van der Waals surface area (Å²) in [6.07, 6.45) is 0. The van der Waals surface area contributed by atoms with Crippen molar-refractivity contribution in [3.63, 3.8) is 0 Å². The van der Waals surface area contributed by atoms with Gasteiger partial charge in [0.1, 0.15) is 5.75 Å². The summed E-state index contributed by atoms with van der Waals surface area (Å²) < 4.78 is 16.2. The molecule has 0 aliphatic carbocycles. The van der Waals surface area contributed by atoms with E-state index in [0.717, 1.165) is 0 Å². The first-order valence-electron chi connectivity index (χ1n) is 5.11. The summed E-state index contributed by atoms with van der Waals surface area (Å²) in [6, 6.07) is 6.85. The molecule has 0 saturated carbocycles. The highest BCUT2D eigenvalue weighted by Gasteiger charge is 2.08. The van der Waals surface area contributed by atoms with Crippen LogP contribution in [0.2, 0.25) is 0 Å². The number of methoxy groups -OCH3 is 1. The zero-order valence-electron chi connectivity index (χ0n) is 9.64. The first-order chi connectivity index (χ1) is 8.11. The van der Waals surface area contributed by atoms with Crippen LogP contribution >= 0.6 is 0 Å². The minimum absolute atomic E-state index is 0.0296. The number of hydrogen-bond donors (Lipinski definition) is 2. The number of hydrogen-bond acceptors (Lipinski definition) is 4. The molecule has 0 bridgehead atoms. The van der Waals surface area contributed by atoms with E-state index in [-0.39, 0.29) is 11.7 Å². The predicted octanol–water partition coefficient (Wildman–Crippen LogP) is 0.602. The Kier molecular flexibility index (Phi) is 5.65. The number of rotatable bonds is 6. The highest BCUT2D eigenvalue weighted by Crippen LogP contribution is 2.11. The molecule has 1 amide bonds. The van der Waals surface area contributed by atoms with Crippen LogP contribution in [0.5, 0.6) is 0 Å². The molecule has 3 N–H and O–H groups in total. The van der Waals surface area contributed by atoms with E-state index in [1.54, 1.807) is 24.3 Å². The van der Waals surface area contributed by atoms with E-state index >= 15 is 0 Å². The molecule has 1 aromatic rings. The Bertz CT molecular complexity index is 409. The van der Waals surface area contributed by atoms with Gasteiger partial charge in [-0.3, -0.25) is 9.00 Å². The molecule has 1 atom stereocenters. The number of carbonyl (C=O) groups is 1. The number of benzene rings is 1. The SMILES string of the molecule is COCCS(=O)CC(=O)Nc1cccc(N)c1. The Morgan fingerprint density at radius 1 is 1.53 bits per heavy atom. The van der Waals surface area contributed by atoms with Gasteiger partial charge in [-0.05, 0) is 18.2 Å². The molecule has 0 aliphatic heterocycles. The maximum absolute atomic E-state index is 11.5. The van der Waals surface area contributed by atoms with Gasteiger partial charge in [-0.1, -0.05) is 6.07 Å². The number of ether oxygens (including phenoxy) is 1. The second kappa shape index (κ2) is 7.03. The maximum Gasteiger partial charge on any atom is 0.236 e. The zero-order chi connectivity index (χ0) is 12.7. The lowest BCUT2D eigenvalue weighted by Gasteiger charge is -2.05. The number of nitrogen functional groups attached to an aromatic ring is 1. The van der Waals surface area contributed by atoms with Crippen molar-refractivity contribution in [2.45, 2.75) is 0 Å². The highest BCUT2D eigenvalue weighted by atomic mass is 32.2. The van der Waals surface area contributed by atoms with Crippen molar-refractivity contribution in [3.05, 3.63) is 24.3 Å². The van der Waals surface area contributed by atoms with Gasteiger partial charge < -0.3 is 15.8 Å². The van der Waals surface area contributed by atoms with Gasteiger partial charge in [0, 0.05) is 35.0 Å². The number of nitrogens with two attached hydrogens (primary N) is 1. The quantitative estimate of drug-likeness (QED) is 0.730.